The number of benzene rings is 1. The fourth-order valence-electron chi connectivity index (χ4n) is 7.67. The Bertz CT molecular complexity index is 1470. The van der Waals surface area contributed by atoms with Gasteiger partial charge in [-0.3, -0.25) is 14.3 Å². The third-order valence-corrected chi connectivity index (χ3v) is 10.4. The molecule has 1 aromatic heterocycles. The highest BCUT2D eigenvalue weighted by Crippen LogP contribution is 2.70. The van der Waals surface area contributed by atoms with Crippen LogP contribution < -0.4 is 5.32 Å². The lowest BCUT2D eigenvalue weighted by molar-refractivity contribution is -0.207. The van der Waals surface area contributed by atoms with Gasteiger partial charge in [0.25, 0.3) is 0 Å². The van der Waals surface area contributed by atoms with Gasteiger partial charge in [0, 0.05) is 61.0 Å². The number of fused-ring (bicyclic) bond motifs is 1. The van der Waals surface area contributed by atoms with Crippen LogP contribution >= 0.6 is 11.3 Å². The van der Waals surface area contributed by atoms with Gasteiger partial charge in [0.05, 0.1) is 24.9 Å². The number of carbonyl (C=O) groups excluding carboxylic acids is 2. The molecule has 2 atom stereocenters. The average Bonchev–Trinajstić information content (AvgIpc) is 3.58. The Morgan fingerprint density at radius 3 is 2.76 bits per heavy atom. The van der Waals surface area contributed by atoms with Crippen molar-refractivity contribution in [3.8, 4) is 0 Å². The first-order chi connectivity index (χ1) is 20.3. The summed E-state index contributed by atoms with van der Waals surface area (Å²) < 4.78 is 33.7. The molecule has 12 heteroatoms. The van der Waals surface area contributed by atoms with E-state index in [0.717, 1.165) is 19.3 Å². The van der Waals surface area contributed by atoms with E-state index < -0.39 is 12.0 Å². The molecule has 3 aliphatic heterocycles. The van der Waals surface area contributed by atoms with Crippen molar-refractivity contribution in [1.29, 1.82) is 0 Å². The second-order valence-corrected chi connectivity index (χ2v) is 13.2. The van der Waals surface area contributed by atoms with Gasteiger partial charge in [0.2, 0.25) is 0 Å². The molecular weight excluding hydrogens is 562 g/mol. The Labute approximate surface area is 247 Å². The number of thiazole rings is 1. The smallest absolute Gasteiger partial charge is 0.338 e. The molecule has 5 fully saturated rings. The van der Waals surface area contributed by atoms with Gasteiger partial charge in [-0.15, -0.1) is 11.3 Å². The molecule has 4 heterocycles. The molecule has 9 nitrogen and oxygen atoms in total. The summed E-state index contributed by atoms with van der Waals surface area (Å²) in [5.74, 6) is -0.343. The summed E-state index contributed by atoms with van der Waals surface area (Å²) in [5.41, 5.74) is 1.66. The number of hydrogen-bond donors (Lipinski definition) is 1. The van der Waals surface area contributed by atoms with Gasteiger partial charge < -0.3 is 19.9 Å². The first-order valence-corrected chi connectivity index (χ1v) is 15.4. The van der Waals surface area contributed by atoms with Gasteiger partial charge in [-0.2, -0.15) is 0 Å². The normalized spacial score (nSPS) is 30.4. The largest absolute Gasteiger partial charge is 0.463 e. The van der Waals surface area contributed by atoms with Crippen molar-refractivity contribution < 1.29 is 23.1 Å². The van der Waals surface area contributed by atoms with E-state index in [1.165, 1.54) is 17.4 Å². The predicted octanol–water partition coefficient (Wildman–Crippen LogP) is 3.81. The first-order valence-electron chi connectivity index (χ1n) is 14.5. The number of urea groups is 1. The SMILES string of the molecule is CCOC(=O)C1=C(CN2CCN3C(=O)N(C45CC(CF)(C4)C5)C[C@@H]3C2)NC(c2nccs2)=N[C@H]1c1cccc(F)c1C. The standard InChI is InChI=1S/C30H34F2N6O3S/c1-3-41-27(39)23-22(34-25(26-33-7-10-42-26)35-24(23)20-5-4-6-21(32)18(20)2)13-36-8-9-37-19(11-36)12-38(28(37)40)30-14-29(15-30,16-30)17-31/h4-7,10,19,24H,3,8-9,11-17H2,1-2H3,(H,34,35)/t19-,24-,29?,30?/m0/s1. The Morgan fingerprint density at radius 2 is 2.05 bits per heavy atom. The molecule has 2 bridgehead atoms. The van der Waals surface area contributed by atoms with Crippen molar-refractivity contribution >= 4 is 29.2 Å². The number of esters is 1. The number of nitrogens with one attached hydrogen (secondary N) is 1. The zero-order valence-electron chi connectivity index (χ0n) is 23.7. The highest BCUT2D eigenvalue weighted by atomic mass is 32.1. The lowest BCUT2D eigenvalue weighted by Crippen LogP contribution is -2.75. The van der Waals surface area contributed by atoms with Gasteiger partial charge in [-0.1, -0.05) is 12.1 Å². The number of piperazine rings is 1. The van der Waals surface area contributed by atoms with Crippen LogP contribution in [0.3, 0.4) is 0 Å². The number of aromatic nitrogens is 1. The van der Waals surface area contributed by atoms with Crippen LogP contribution in [0.4, 0.5) is 13.6 Å². The highest BCUT2D eigenvalue weighted by Gasteiger charge is 2.72. The van der Waals surface area contributed by atoms with E-state index >= 15 is 0 Å². The quantitative estimate of drug-likeness (QED) is 0.467. The molecule has 1 N–H and O–H groups in total. The van der Waals surface area contributed by atoms with Crippen LogP contribution in [0.15, 0.2) is 46.0 Å². The lowest BCUT2D eigenvalue weighted by atomic mass is 9.39. The number of amides is 2. The Kier molecular flexibility index (Phi) is 6.61. The van der Waals surface area contributed by atoms with Crippen molar-refractivity contribution in [3.05, 3.63) is 63.0 Å². The Hall–Kier alpha value is -3.38. The van der Waals surface area contributed by atoms with Crippen LogP contribution in [0, 0.1) is 18.2 Å². The van der Waals surface area contributed by atoms with Crippen LogP contribution in [-0.2, 0) is 9.53 Å². The van der Waals surface area contributed by atoms with E-state index in [4.69, 9.17) is 9.73 Å². The summed E-state index contributed by atoms with van der Waals surface area (Å²) in [6.45, 7) is 6.22. The van der Waals surface area contributed by atoms with E-state index in [0.29, 0.717) is 66.0 Å². The van der Waals surface area contributed by atoms with E-state index in [2.05, 4.69) is 15.2 Å². The minimum atomic E-state index is -0.771. The molecule has 1 aromatic carbocycles. The highest BCUT2D eigenvalue weighted by molar-refractivity contribution is 7.11. The third-order valence-electron chi connectivity index (χ3n) is 9.65. The number of ether oxygens (including phenoxy) is 1. The fourth-order valence-corrected chi connectivity index (χ4v) is 8.25. The van der Waals surface area contributed by atoms with E-state index in [1.807, 2.05) is 15.2 Å². The number of alkyl halides is 1. The molecule has 2 aromatic rings. The molecule has 222 valence electrons. The summed E-state index contributed by atoms with van der Waals surface area (Å²) in [4.78, 5) is 42.3. The third kappa shape index (κ3) is 4.24. The molecule has 3 aliphatic carbocycles. The van der Waals surface area contributed by atoms with Gasteiger partial charge in [0.15, 0.2) is 10.8 Å². The Morgan fingerprint density at radius 1 is 1.24 bits per heavy atom. The summed E-state index contributed by atoms with van der Waals surface area (Å²) in [5, 5.41) is 5.90. The monoisotopic (exact) mass is 596 g/mol. The molecule has 2 saturated heterocycles. The number of carbonyl (C=O) groups is 2. The van der Waals surface area contributed by atoms with Gasteiger partial charge >= 0.3 is 12.0 Å². The number of nitrogens with zero attached hydrogens (tertiary/aromatic N) is 5. The molecule has 0 radical (unpaired) electrons. The molecule has 8 rings (SSSR count). The molecule has 0 spiro atoms. The molecule has 3 saturated carbocycles. The summed E-state index contributed by atoms with van der Waals surface area (Å²) in [7, 11) is 0. The zero-order valence-corrected chi connectivity index (χ0v) is 24.6. The van der Waals surface area contributed by atoms with E-state index in [-0.39, 0.29) is 42.1 Å². The minimum absolute atomic E-state index is 0.0187. The van der Waals surface area contributed by atoms with E-state index in [9.17, 15) is 18.4 Å². The predicted molar refractivity (Wildman–Crippen MR) is 153 cm³/mol. The van der Waals surface area contributed by atoms with Crippen LogP contribution in [0.2, 0.25) is 0 Å². The number of aliphatic imine (C=N–C) groups is 1. The van der Waals surface area contributed by atoms with Crippen LogP contribution in [-0.4, -0.2) is 95.1 Å². The first kappa shape index (κ1) is 27.5. The average molecular weight is 597 g/mol. The molecule has 0 unspecified atom stereocenters. The second-order valence-electron chi connectivity index (χ2n) is 12.3. The van der Waals surface area contributed by atoms with Gasteiger partial charge in [0.1, 0.15) is 11.9 Å². The van der Waals surface area contributed by atoms with Gasteiger partial charge in [-0.25, -0.2) is 19.0 Å². The number of amidine groups is 1. The molecule has 2 amide bonds. The van der Waals surface area contributed by atoms with Crippen LogP contribution in [0.25, 0.3) is 0 Å². The Balaban J connectivity index is 1.18. The minimum Gasteiger partial charge on any atom is -0.463 e. The van der Waals surface area contributed by atoms with Crippen molar-refractivity contribution in [2.75, 3.05) is 46.0 Å². The van der Waals surface area contributed by atoms with Gasteiger partial charge in [-0.05, 0) is 50.3 Å². The van der Waals surface area contributed by atoms with Crippen LogP contribution in [0.5, 0.6) is 0 Å². The zero-order chi connectivity index (χ0) is 29.2. The van der Waals surface area contributed by atoms with E-state index in [1.54, 1.807) is 32.2 Å². The maximum Gasteiger partial charge on any atom is 0.338 e. The molecular formula is C30H34F2N6O3S. The number of hydrogen-bond acceptors (Lipinski definition) is 8. The van der Waals surface area contributed by atoms with Crippen molar-refractivity contribution in [2.24, 2.45) is 10.4 Å². The summed E-state index contributed by atoms with van der Waals surface area (Å²) in [6.07, 6.45) is 4.00. The summed E-state index contributed by atoms with van der Waals surface area (Å²) in [6, 6.07) is 4.13. The topological polar surface area (TPSA) is 90.4 Å². The second kappa shape index (κ2) is 10.1. The number of rotatable bonds is 8. The number of halogens is 2. The van der Waals surface area contributed by atoms with Crippen LogP contribution in [0.1, 0.15) is 48.4 Å². The maximum absolute atomic E-state index is 14.7. The maximum atomic E-state index is 14.7. The summed E-state index contributed by atoms with van der Waals surface area (Å²) >= 11 is 1.43. The van der Waals surface area contributed by atoms with Crippen molar-refractivity contribution in [1.82, 2.24) is 25.0 Å². The molecule has 6 aliphatic rings. The lowest BCUT2D eigenvalue weighted by Gasteiger charge is -2.72. The van der Waals surface area contributed by atoms with Crippen molar-refractivity contribution in [3.63, 3.8) is 0 Å². The van der Waals surface area contributed by atoms with Crippen molar-refractivity contribution in [2.45, 2.75) is 50.7 Å². The molecule has 42 heavy (non-hydrogen) atoms. The fraction of sp³-hybridized carbons (Fsp3) is 0.533.